The Hall–Kier alpha value is -2.30. The fourth-order valence-electron chi connectivity index (χ4n) is 3.52. The Morgan fingerprint density at radius 2 is 1.66 bits per heavy atom. The molecule has 166 valence electrons. The van der Waals surface area contributed by atoms with Gasteiger partial charge in [-0.15, -0.1) is 12.4 Å². The summed E-state index contributed by atoms with van der Waals surface area (Å²) in [6.07, 6.45) is 0.821. The Bertz CT molecular complexity index is 1180. The minimum absolute atomic E-state index is 0. The van der Waals surface area contributed by atoms with Crippen LogP contribution in [0.25, 0.3) is 10.8 Å². The van der Waals surface area contributed by atoms with Crippen molar-refractivity contribution in [1.29, 1.82) is 0 Å². The van der Waals surface area contributed by atoms with E-state index in [4.69, 9.17) is 27.9 Å². The van der Waals surface area contributed by atoms with Gasteiger partial charge in [0.15, 0.2) is 0 Å². The average Bonchev–Trinajstić information content (AvgIpc) is 2.78. The first kappa shape index (κ1) is 24.3. The predicted octanol–water partition coefficient (Wildman–Crippen LogP) is 7.62. The van der Waals surface area contributed by atoms with Crippen LogP contribution in [-0.2, 0) is 19.6 Å². The summed E-state index contributed by atoms with van der Waals surface area (Å²) in [5.41, 5.74) is 3.08. The van der Waals surface area contributed by atoms with Crippen LogP contribution >= 0.6 is 35.6 Å². The van der Waals surface area contributed by atoms with Crippen molar-refractivity contribution in [2.45, 2.75) is 19.6 Å². The fourth-order valence-corrected chi connectivity index (χ4v) is 3.99. The summed E-state index contributed by atoms with van der Waals surface area (Å²) in [5.74, 6) is 0.606. The summed E-state index contributed by atoms with van der Waals surface area (Å²) in [5, 5.41) is 7.00. The van der Waals surface area contributed by atoms with E-state index in [9.17, 15) is 4.39 Å². The lowest BCUT2D eigenvalue weighted by atomic mass is 10.0. The number of ether oxygens (including phenoxy) is 1. The Kier molecular flexibility index (Phi) is 8.77. The largest absolute Gasteiger partial charge is 0.488 e. The molecule has 2 nitrogen and oxygen atoms in total. The number of benzene rings is 4. The van der Waals surface area contributed by atoms with Crippen LogP contribution in [-0.4, -0.2) is 6.54 Å². The molecule has 4 rings (SSSR count). The van der Waals surface area contributed by atoms with Gasteiger partial charge in [-0.05, 0) is 59.6 Å². The van der Waals surface area contributed by atoms with E-state index >= 15 is 0 Å². The number of hydrogen-bond donors (Lipinski definition) is 1. The van der Waals surface area contributed by atoms with Crippen molar-refractivity contribution in [3.05, 3.63) is 111 Å². The van der Waals surface area contributed by atoms with Gasteiger partial charge in [-0.3, -0.25) is 0 Å². The number of halogens is 4. The molecule has 4 aromatic rings. The maximum atomic E-state index is 13.1. The summed E-state index contributed by atoms with van der Waals surface area (Å²) in [6.45, 7) is 1.79. The van der Waals surface area contributed by atoms with E-state index in [-0.39, 0.29) is 18.2 Å². The third-order valence-corrected chi connectivity index (χ3v) is 5.79. The van der Waals surface area contributed by atoms with Crippen LogP contribution in [0.4, 0.5) is 4.39 Å². The first-order valence-electron chi connectivity index (χ1n) is 10.1. The van der Waals surface area contributed by atoms with Gasteiger partial charge in [-0.1, -0.05) is 71.7 Å². The maximum Gasteiger partial charge on any atom is 0.124 e. The summed E-state index contributed by atoms with van der Waals surface area (Å²) < 4.78 is 19.3. The smallest absolute Gasteiger partial charge is 0.124 e. The zero-order chi connectivity index (χ0) is 21.6. The minimum atomic E-state index is -0.213. The van der Waals surface area contributed by atoms with Crippen molar-refractivity contribution in [1.82, 2.24) is 5.32 Å². The second-order valence-corrected chi connectivity index (χ2v) is 8.18. The predicted molar refractivity (Wildman–Crippen MR) is 134 cm³/mol. The molecule has 0 atom stereocenters. The first-order valence-corrected chi connectivity index (χ1v) is 10.9. The highest BCUT2D eigenvalue weighted by atomic mass is 35.5. The molecule has 0 bridgehead atoms. The normalized spacial score (nSPS) is 10.7. The van der Waals surface area contributed by atoms with Crippen molar-refractivity contribution in [3.63, 3.8) is 0 Å². The number of rotatable bonds is 8. The molecule has 0 radical (unpaired) electrons. The maximum absolute atomic E-state index is 13.1. The summed E-state index contributed by atoms with van der Waals surface area (Å²) >= 11 is 12.3. The monoisotopic (exact) mass is 489 g/mol. The summed E-state index contributed by atoms with van der Waals surface area (Å²) in [4.78, 5) is 0. The van der Waals surface area contributed by atoms with E-state index in [1.807, 2.05) is 42.5 Å². The number of fused-ring (bicyclic) bond motifs is 1. The van der Waals surface area contributed by atoms with Crippen LogP contribution in [0.1, 0.15) is 16.7 Å². The first-order chi connectivity index (χ1) is 15.1. The lowest BCUT2D eigenvalue weighted by molar-refractivity contribution is 0.303. The minimum Gasteiger partial charge on any atom is -0.488 e. The molecule has 0 amide bonds. The highest BCUT2D eigenvalue weighted by Gasteiger charge is 2.10. The molecule has 1 N–H and O–H groups in total. The quantitative estimate of drug-likeness (QED) is 0.256. The molecular formula is C26H23Cl3FNO. The number of nitrogens with one attached hydrogen (secondary N) is 1. The topological polar surface area (TPSA) is 21.3 Å². The second kappa shape index (κ2) is 11.5. The van der Waals surface area contributed by atoms with E-state index in [2.05, 4.69) is 23.5 Å². The van der Waals surface area contributed by atoms with Crippen LogP contribution in [0.5, 0.6) is 5.75 Å². The van der Waals surface area contributed by atoms with Gasteiger partial charge in [0.25, 0.3) is 0 Å². The zero-order valence-electron chi connectivity index (χ0n) is 17.3. The van der Waals surface area contributed by atoms with Crippen LogP contribution in [0.2, 0.25) is 10.0 Å². The second-order valence-electron chi connectivity index (χ2n) is 7.34. The van der Waals surface area contributed by atoms with Crippen LogP contribution < -0.4 is 10.1 Å². The van der Waals surface area contributed by atoms with Crippen molar-refractivity contribution in [3.8, 4) is 5.75 Å². The lowest BCUT2D eigenvalue weighted by Crippen LogP contribution is -2.17. The lowest BCUT2D eigenvalue weighted by Gasteiger charge is -2.16. The van der Waals surface area contributed by atoms with Gasteiger partial charge >= 0.3 is 0 Å². The van der Waals surface area contributed by atoms with Crippen molar-refractivity contribution in [2.75, 3.05) is 6.54 Å². The molecule has 32 heavy (non-hydrogen) atoms. The van der Waals surface area contributed by atoms with Gasteiger partial charge in [0.2, 0.25) is 0 Å². The molecule has 0 aromatic heterocycles. The Labute approximate surface area is 203 Å². The molecule has 0 spiro atoms. The zero-order valence-corrected chi connectivity index (χ0v) is 19.6. The standard InChI is InChI=1S/C26H22Cl2FNO.ClH/c27-21-9-7-20(25(28)15-21)17-31-26-12-8-19-3-1-2-4-23(19)24(26)16-30-14-13-18-5-10-22(29)11-6-18;/h1-12,15,30H,13-14,16-17H2;1H. The molecule has 4 aromatic carbocycles. The average molecular weight is 491 g/mol. The van der Waals surface area contributed by atoms with Gasteiger partial charge in [-0.25, -0.2) is 4.39 Å². The molecule has 0 unspecified atom stereocenters. The number of hydrogen-bond acceptors (Lipinski definition) is 2. The van der Waals surface area contributed by atoms with Crippen molar-refractivity contribution >= 4 is 46.4 Å². The Morgan fingerprint density at radius 1 is 0.875 bits per heavy atom. The van der Waals surface area contributed by atoms with Crippen molar-refractivity contribution in [2.24, 2.45) is 0 Å². The SMILES string of the molecule is Cl.Fc1ccc(CCNCc2c(OCc3ccc(Cl)cc3Cl)ccc3ccccc23)cc1. The van der Waals surface area contributed by atoms with E-state index in [1.165, 1.54) is 12.1 Å². The molecule has 0 aliphatic carbocycles. The molecule has 0 saturated heterocycles. The summed E-state index contributed by atoms with van der Waals surface area (Å²) in [7, 11) is 0. The van der Waals surface area contributed by atoms with E-state index in [0.29, 0.717) is 23.2 Å². The third-order valence-electron chi connectivity index (χ3n) is 5.20. The van der Waals surface area contributed by atoms with Crippen molar-refractivity contribution < 1.29 is 9.13 Å². The molecule has 0 aliphatic rings. The molecular weight excluding hydrogens is 468 g/mol. The molecule has 0 aliphatic heterocycles. The van der Waals surface area contributed by atoms with Gasteiger partial charge in [0, 0.05) is 27.7 Å². The van der Waals surface area contributed by atoms with Crippen LogP contribution in [0.15, 0.2) is 78.9 Å². The molecule has 0 fully saturated rings. The Balaban J connectivity index is 0.00000289. The van der Waals surface area contributed by atoms with Crippen LogP contribution in [0, 0.1) is 5.82 Å². The van der Waals surface area contributed by atoms with E-state index in [0.717, 1.165) is 46.2 Å². The van der Waals surface area contributed by atoms with Crippen LogP contribution in [0.3, 0.4) is 0 Å². The molecule has 6 heteroatoms. The highest BCUT2D eigenvalue weighted by Crippen LogP contribution is 2.30. The van der Waals surface area contributed by atoms with Gasteiger partial charge in [0.05, 0.1) is 0 Å². The van der Waals surface area contributed by atoms with Gasteiger partial charge in [0.1, 0.15) is 18.2 Å². The highest BCUT2D eigenvalue weighted by molar-refractivity contribution is 6.35. The van der Waals surface area contributed by atoms with Gasteiger partial charge < -0.3 is 10.1 Å². The van der Waals surface area contributed by atoms with E-state index in [1.54, 1.807) is 6.07 Å². The van der Waals surface area contributed by atoms with E-state index < -0.39 is 0 Å². The molecule has 0 saturated carbocycles. The Morgan fingerprint density at radius 3 is 2.44 bits per heavy atom. The third kappa shape index (κ3) is 6.14. The summed E-state index contributed by atoms with van der Waals surface area (Å²) in [6, 6.07) is 24.4. The van der Waals surface area contributed by atoms with Gasteiger partial charge in [-0.2, -0.15) is 0 Å². The molecule has 0 heterocycles. The fraction of sp³-hybridized carbons (Fsp3) is 0.154.